The lowest BCUT2D eigenvalue weighted by atomic mass is 10.1. The summed E-state index contributed by atoms with van der Waals surface area (Å²) in [6.07, 6.45) is 3.37. The zero-order valence-electron chi connectivity index (χ0n) is 13.5. The van der Waals surface area contributed by atoms with Crippen molar-refractivity contribution in [2.75, 3.05) is 13.7 Å². The molecule has 116 valence electrons. The lowest BCUT2D eigenvalue weighted by Gasteiger charge is -2.24. The zero-order chi connectivity index (χ0) is 15.9. The first-order valence-electron chi connectivity index (χ1n) is 7.38. The van der Waals surface area contributed by atoms with Crippen LogP contribution in [0, 0.1) is 0 Å². The van der Waals surface area contributed by atoms with Gasteiger partial charge < -0.3 is 4.74 Å². The third-order valence-electron chi connectivity index (χ3n) is 3.51. The second-order valence-electron chi connectivity index (χ2n) is 5.62. The van der Waals surface area contributed by atoms with E-state index >= 15 is 0 Å². The van der Waals surface area contributed by atoms with Crippen LogP contribution >= 0.6 is 0 Å². The lowest BCUT2D eigenvalue weighted by molar-refractivity contribution is 0.248. The molecule has 0 aliphatic rings. The number of benzene rings is 1. The highest BCUT2D eigenvalue weighted by Gasteiger charge is 2.13. The zero-order valence-corrected chi connectivity index (χ0v) is 13.5. The standard InChI is InChI=1S/C18H23N3O/c1-14(2)12-22-17-7-5-6-16(10-17)11-21(4)15(3)18-8-9-19-13-20-18/h5-10,13,15H,1,11-12H2,2-4H3/t15-/m1/s1. The van der Waals surface area contributed by atoms with Gasteiger partial charge in [-0.15, -0.1) is 0 Å². The average Bonchev–Trinajstić information content (AvgIpc) is 2.53. The number of ether oxygens (including phenoxy) is 1. The van der Waals surface area contributed by atoms with Gasteiger partial charge in [-0.05, 0) is 50.2 Å². The average molecular weight is 297 g/mol. The van der Waals surface area contributed by atoms with Gasteiger partial charge in [0.1, 0.15) is 18.7 Å². The van der Waals surface area contributed by atoms with Gasteiger partial charge in [-0.2, -0.15) is 0 Å². The van der Waals surface area contributed by atoms with Gasteiger partial charge in [0.15, 0.2) is 0 Å². The molecule has 2 aromatic rings. The minimum Gasteiger partial charge on any atom is -0.489 e. The highest BCUT2D eigenvalue weighted by atomic mass is 16.5. The number of rotatable bonds is 7. The molecule has 1 atom stereocenters. The summed E-state index contributed by atoms with van der Waals surface area (Å²) in [5, 5.41) is 0. The van der Waals surface area contributed by atoms with Crippen molar-refractivity contribution in [3.63, 3.8) is 0 Å². The van der Waals surface area contributed by atoms with E-state index in [2.05, 4.69) is 47.6 Å². The molecule has 4 heteroatoms. The lowest BCUT2D eigenvalue weighted by Crippen LogP contribution is -2.22. The first-order valence-corrected chi connectivity index (χ1v) is 7.38. The Kier molecular flexibility index (Phi) is 5.67. The molecule has 0 spiro atoms. The molecule has 0 radical (unpaired) electrons. The van der Waals surface area contributed by atoms with Crippen molar-refractivity contribution in [1.82, 2.24) is 14.9 Å². The summed E-state index contributed by atoms with van der Waals surface area (Å²) in [6.45, 7) is 9.34. The third-order valence-corrected chi connectivity index (χ3v) is 3.51. The summed E-state index contributed by atoms with van der Waals surface area (Å²) in [5.41, 5.74) is 3.25. The first-order chi connectivity index (χ1) is 10.6. The maximum Gasteiger partial charge on any atom is 0.120 e. The molecule has 0 saturated carbocycles. The molecular weight excluding hydrogens is 274 g/mol. The Labute approximate surface area is 132 Å². The maximum atomic E-state index is 5.70. The van der Waals surface area contributed by atoms with Gasteiger partial charge in [0.2, 0.25) is 0 Å². The molecule has 1 heterocycles. The van der Waals surface area contributed by atoms with E-state index in [-0.39, 0.29) is 6.04 Å². The molecule has 0 bridgehead atoms. The molecule has 0 aliphatic carbocycles. The summed E-state index contributed by atoms with van der Waals surface area (Å²) < 4.78 is 5.70. The fourth-order valence-electron chi connectivity index (χ4n) is 2.14. The molecule has 0 saturated heterocycles. The van der Waals surface area contributed by atoms with Crippen molar-refractivity contribution in [3.8, 4) is 5.75 Å². The van der Waals surface area contributed by atoms with Gasteiger partial charge in [-0.3, -0.25) is 4.90 Å². The smallest absolute Gasteiger partial charge is 0.120 e. The van der Waals surface area contributed by atoms with Crippen molar-refractivity contribution in [3.05, 3.63) is 66.3 Å². The molecule has 2 rings (SSSR count). The first kappa shape index (κ1) is 16.2. The summed E-state index contributed by atoms with van der Waals surface area (Å²) in [7, 11) is 2.09. The van der Waals surface area contributed by atoms with E-state index in [1.165, 1.54) is 5.56 Å². The van der Waals surface area contributed by atoms with Crippen LogP contribution in [0.1, 0.15) is 31.1 Å². The monoisotopic (exact) mass is 297 g/mol. The Hall–Kier alpha value is -2.20. The van der Waals surface area contributed by atoms with Gasteiger partial charge in [-0.25, -0.2) is 9.97 Å². The SMILES string of the molecule is C=C(C)COc1cccc(CN(C)[C@H](C)c2ccncn2)c1. The minimum absolute atomic E-state index is 0.225. The molecule has 0 amide bonds. The quantitative estimate of drug-likeness (QED) is 0.732. The highest BCUT2D eigenvalue weighted by Crippen LogP contribution is 2.20. The minimum atomic E-state index is 0.225. The van der Waals surface area contributed by atoms with Gasteiger partial charge >= 0.3 is 0 Å². The van der Waals surface area contributed by atoms with Crippen molar-refractivity contribution < 1.29 is 4.74 Å². The van der Waals surface area contributed by atoms with Crippen LogP contribution in [0.2, 0.25) is 0 Å². The second-order valence-corrected chi connectivity index (χ2v) is 5.62. The molecule has 4 nitrogen and oxygen atoms in total. The van der Waals surface area contributed by atoms with Crippen molar-refractivity contribution in [2.24, 2.45) is 0 Å². The van der Waals surface area contributed by atoms with Crippen molar-refractivity contribution >= 4 is 0 Å². The number of nitrogens with zero attached hydrogens (tertiary/aromatic N) is 3. The summed E-state index contributed by atoms with van der Waals surface area (Å²) in [4.78, 5) is 10.5. The van der Waals surface area contributed by atoms with Crippen LogP contribution in [0.4, 0.5) is 0 Å². The van der Waals surface area contributed by atoms with E-state index in [0.717, 1.165) is 23.6 Å². The van der Waals surface area contributed by atoms with Gasteiger partial charge in [0.05, 0.1) is 5.69 Å². The van der Waals surface area contributed by atoms with Crippen LogP contribution in [0.15, 0.2) is 55.0 Å². The molecule has 0 aliphatic heterocycles. The van der Waals surface area contributed by atoms with Crippen molar-refractivity contribution in [2.45, 2.75) is 26.4 Å². The fraction of sp³-hybridized carbons (Fsp3) is 0.333. The Morgan fingerprint density at radius 1 is 1.36 bits per heavy atom. The Morgan fingerprint density at radius 3 is 2.86 bits per heavy atom. The fourth-order valence-corrected chi connectivity index (χ4v) is 2.14. The second kappa shape index (κ2) is 7.71. The van der Waals surface area contributed by atoms with Gasteiger partial charge in [-0.1, -0.05) is 18.7 Å². The number of hydrogen-bond acceptors (Lipinski definition) is 4. The molecule has 1 aromatic heterocycles. The number of aromatic nitrogens is 2. The highest BCUT2D eigenvalue weighted by molar-refractivity contribution is 5.29. The van der Waals surface area contributed by atoms with E-state index in [9.17, 15) is 0 Å². The molecule has 0 unspecified atom stereocenters. The molecule has 0 N–H and O–H groups in total. The van der Waals surface area contributed by atoms with Crippen LogP contribution < -0.4 is 4.74 Å². The van der Waals surface area contributed by atoms with E-state index in [1.807, 2.05) is 25.1 Å². The van der Waals surface area contributed by atoms with Crippen LogP contribution in [0.3, 0.4) is 0 Å². The van der Waals surface area contributed by atoms with E-state index in [0.29, 0.717) is 6.61 Å². The van der Waals surface area contributed by atoms with Crippen molar-refractivity contribution in [1.29, 1.82) is 0 Å². The van der Waals surface area contributed by atoms with Crippen LogP contribution in [0.25, 0.3) is 0 Å². The summed E-state index contributed by atoms with van der Waals surface area (Å²) >= 11 is 0. The van der Waals surface area contributed by atoms with E-state index < -0.39 is 0 Å². The van der Waals surface area contributed by atoms with Gasteiger partial charge in [0, 0.05) is 18.8 Å². The number of hydrogen-bond donors (Lipinski definition) is 0. The van der Waals surface area contributed by atoms with E-state index in [4.69, 9.17) is 4.74 Å². The normalized spacial score (nSPS) is 12.2. The Morgan fingerprint density at radius 2 is 2.18 bits per heavy atom. The predicted molar refractivity (Wildman–Crippen MR) is 88.7 cm³/mol. The molecule has 1 aromatic carbocycles. The third kappa shape index (κ3) is 4.67. The molecular formula is C18H23N3O. The van der Waals surface area contributed by atoms with Gasteiger partial charge in [0.25, 0.3) is 0 Å². The van der Waals surface area contributed by atoms with Crippen LogP contribution in [-0.2, 0) is 6.54 Å². The molecule has 0 fully saturated rings. The topological polar surface area (TPSA) is 38.2 Å². The molecule has 22 heavy (non-hydrogen) atoms. The maximum absolute atomic E-state index is 5.70. The Balaban J connectivity index is 2.00. The van der Waals surface area contributed by atoms with E-state index in [1.54, 1.807) is 12.5 Å². The Bertz CT molecular complexity index is 613. The summed E-state index contributed by atoms with van der Waals surface area (Å²) in [5.74, 6) is 0.878. The van der Waals surface area contributed by atoms with Crippen LogP contribution in [-0.4, -0.2) is 28.5 Å². The summed E-state index contributed by atoms with van der Waals surface area (Å²) in [6, 6.07) is 10.4. The van der Waals surface area contributed by atoms with Crippen LogP contribution in [0.5, 0.6) is 5.75 Å². The predicted octanol–water partition coefficient (Wildman–Crippen LogP) is 3.62. The largest absolute Gasteiger partial charge is 0.489 e.